The lowest BCUT2D eigenvalue weighted by Crippen LogP contribution is -2.25. The summed E-state index contributed by atoms with van der Waals surface area (Å²) >= 11 is 5.78. The number of benzene rings is 1. The van der Waals surface area contributed by atoms with Crippen molar-refractivity contribution in [3.05, 3.63) is 23.2 Å². The molecular weight excluding hydrogens is 248 g/mol. The van der Waals surface area contributed by atoms with Crippen LogP contribution >= 0.6 is 11.6 Å². The van der Waals surface area contributed by atoms with Crippen molar-refractivity contribution in [2.45, 2.75) is 0 Å². The van der Waals surface area contributed by atoms with Crippen molar-refractivity contribution < 1.29 is 8.42 Å². The van der Waals surface area contributed by atoms with Gasteiger partial charge >= 0.3 is 0 Å². The van der Waals surface area contributed by atoms with E-state index in [9.17, 15) is 8.42 Å². The number of nitrogens with zero attached hydrogens (tertiary/aromatic N) is 1. The van der Waals surface area contributed by atoms with E-state index in [0.29, 0.717) is 17.3 Å². The molecule has 0 saturated carbocycles. The lowest BCUT2D eigenvalue weighted by Gasteiger charge is -2.20. The van der Waals surface area contributed by atoms with Gasteiger partial charge in [-0.2, -0.15) is 0 Å². The van der Waals surface area contributed by atoms with Crippen molar-refractivity contribution in [1.82, 2.24) is 0 Å². The van der Waals surface area contributed by atoms with Gasteiger partial charge in [-0.15, -0.1) is 0 Å². The first-order chi connectivity index (χ1) is 7.29. The summed E-state index contributed by atoms with van der Waals surface area (Å²) in [5.41, 5.74) is 7.12. The third kappa shape index (κ3) is 3.90. The van der Waals surface area contributed by atoms with Gasteiger partial charge < -0.3 is 10.6 Å². The summed E-state index contributed by atoms with van der Waals surface area (Å²) in [7, 11) is -1.16. The van der Waals surface area contributed by atoms with E-state index in [4.69, 9.17) is 17.3 Å². The van der Waals surface area contributed by atoms with Crippen LogP contribution in [0.4, 0.5) is 11.4 Å². The molecule has 4 nitrogen and oxygen atoms in total. The molecule has 6 heteroatoms. The summed E-state index contributed by atoms with van der Waals surface area (Å²) in [6.45, 7) is 0.407. The van der Waals surface area contributed by atoms with Gasteiger partial charge in [-0.25, -0.2) is 8.42 Å². The van der Waals surface area contributed by atoms with Crippen LogP contribution in [0.5, 0.6) is 0 Å². The van der Waals surface area contributed by atoms with Crippen molar-refractivity contribution in [2.24, 2.45) is 0 Å². The summed E-state index contributed by atoms with van der Waals surface area (Å²) in [6, 6.07) is 5.15. The van der Waals surface area contributed by atoms with E-state index < -0.39 is 9.84 Å². The molecule has 16 heavy (non-hydrogen) atoms. The molecule has 0 aliphatic heterocycles. The molecule has 1 aromatic rings. The summed E-state index contributed by atoms with van der Waals surface area (Å²) in [5, 5.41) is 0.567. The molecule has 0 fully saturated rings. The molecule has 90 valence electrons. The van der Waals surface area contributed by atoms with Gasteiger partial charge in [-0.1, -0.05) is 11.6 Å². The zero-order valence-electron chi connectivity index (χ0n) is 9.27. The van der Waals surface area contributed by atoms with Gasteiger partial charge in [0.05, 0.1) is 17.1 Å². The molecule has 0 aliphatic carbocycles. The van der Waals surface area contributed by atoms with Crippen molar-refractivity contribution in [3.8, 4) is 0 Å². The van der Waals surface area contributed by atoms with Gasteiger partial charge in [0.15, 0.2) is 0 Å². The van der Waals surface area contributed by atoms with Gasteiger partial charge in [-0.3, -0.25) is 0 Å². The Morgan fingerprint density at radius 1 is 1.44 bits per heavy atom. The number of nitrogen functional groups attached to an aromatic ring is 1. The van der Waals surface area contributed by atoms with Crippen LogP contribution in [0.15, 0.2) is 18.2 Å². The summed E-state index contributed by atoms with van der Waals surface area (Å²) in [6.07, 6.45) is 1.21. The minimum atomic E-state index is -2.96. The molecule has 2 N–H and O–H groups in total. The predicted molar refractivity (Wildman–Crippen MR) is 68.8 cm³/mol. The SMILES string of the molecule is CN(CCS(C)(=O)=O)c1ccc(Cl)cc1N. The highest BCUT2D eigenvalue weighted by Crippen LogP contribution is 2.25. The van der Waals surface area contributed by atoms with Gasteiger partial charge in [-0.05, 0) is 18.2 Å². The van der Waals surface area contributed by atoms with Crippen molar-refractivity contribution in [3.63, 3.8) is 0 Å². The third-order valence-electron chi connectivity index (χ3n) is 2.20. The van der Waals surface area contributed by atoms with E-state index in [1.165, 1.54) is 6.26 Å². The molecule has 0 bridgehead atoms. The molecule has 0 amide bonds. The Morgan fingerprint density at radius 3 is 2.56 bits per heavy atom. The monoisotopic (exact) mass is 262 g/mol. The van der Waals surface area contributed by atoms with Crippen LogP contribution in [0.2, 0.25) is 5.02 Å². The molecule has 0 unspecified atom stereocenters. The molecule has 0 atom stereocenters. The average molecular weight is 263 g/mol. The van der Waals surface area contributed by atoms with Crippen LogP contribution in [0.3, 0.4) is 0 Å². The molecule has 0 aromatic heterocycles. The van der Waals surface area contributed by atoms with Crippen molar-refractivity contribution >= 4 is 32.8 Å². The first-order valence-corrected chi connectivity index (χ1v) is 7.17. The highest BCUT2D eigenvalue weighted by atomic mass is 35.5. The van der Waals surface area contributed by atoms with Gasteiger partial charge in [0.25, 0.3) is 0 Å². The standard InChI is InChI=1S/C10H15ClN2O2S/c1-13(5-6-16(2,14)15)10-4-3-8(11)7-9(10)12/h3-4,7H,5-6,12H2,1-2H3. The quantitative estimate of drug-likeness (QED) is 0.834. The average Bonchev–Trinajstić information content (AvgIpc) is 2.13. The van der Waals surface area contributed by atoms with E-state index in [2.05, 4.69) is 0 Å². The maximum Gasteiger partial charge on any atom is 0.149 e. The van der Waals surface area contributed by atoms with E-state index in [1.54, 1.807) is 30.1 Å². The van der Waals surface area contributed by atoms with Crippen molar-refractivity contribution in [2.75, 3.05) is 36.2 Å². The molecule has 0 radical (unpaired) electrons. The lowest BCUT2D eigenvalue weighted by molar-refractivity contribution is 0.601. The highest BCUT2D eigenvalue weighted by Gasteiger charge is 2.09. The first kappa shape index (κ1) is 13.1. The Balaban J connectivity index is 2.77. The fourth-order valence-electron chi connectivity index (χ4n) is 1.30. The minimum absolute atomic E-state index is 0.103. The molecule has 1 aromatic carbocycles. The number of rotatable bonds is 4. The predicted octanol–water partition coefficient (Wildman–Crippen LogP) is 1.40. The van der Waals surface area contributed by atoms with E-state index in [-0.39, 0.29) is 5.75 Å². The third-order valence-corrected chi connectivity index (χ3v) is 3.36. The number of nitrogens with two attached hydrogens (primary N) is 1. The maximum absolute atomic E-state index is 11.0. The Labute approximate surface area is 101 Å². The first-order valence-electron chi connectivity index (χ1n) is 4.73. The van der Waals surface area contributed by atoms with Crippen LogP contribution in [0.25, 0.3) is 0 Å². The molecule has 1 rings (SSSR count). The fraction of sp³-hybridized carbons (Fsp3) is 0.400. The van der Waals surface area contributed by atoms with Crippen LogP contribution in [-0.2, 0) is 9.84 Å². The number of hydrogen-bond acceptors (Lipinski definition) is 4. The second-order valence-corrected chi connectivity index (χ2v) is 6.45. The molecule has 0 spiro atoms. The fourth-order valence-corrected chi connectivity index (χ4v) is 2.08. The zero-order chi connectivity index (χ0) is 12.3. The molecule has 0 aliphatic rings. The summed E-state index contributed by atoms with van der Waals surface area (Å²) in [5.74, 6) is 0.103. The van der Waals surface area contributed by atoms with Crippen LogP contribution < -0.4 is 10.6 Å². The summed E-state index contributed by atoms with van der Waals surface area (Å²) < 4.78 is 22.1. The second kappa shape index (κ2) is 4.93. The van der Waals surface area contributed by atoms with Crippen LogP contribution in [0.1, 0.15) is 0 Å². The molecule has 0 saturated heterocycles. The van der Waals surface area contributed by atoms with Crippen LogP contribution in [0, 0.1) is 0 Å². The Hall–Kier alpha value is -0.940. The number of halogens is 1. The molecule has 0 heterocycles. The Morgan fingerprint density at radius 2 is 2.06 bits per heavy atom. The van der Waals surface area contributed by atoms with Gasteiger partial charge in [0.2, 0.25) is 0 Å². The van der Waals surface area contributed by atoms with Gasteiger partial charge in [0.1, 0.15) is 9.84 Å². The maximum atomic E-state index is 11.0. The lowest BCUT2D eigenvalue weighted by atomic mass is 10.2. The second-order valence-electron chi connectivity index (χ2n) is 3.75. The number of hydrogen-bond donors (Lipinski definition) is 1. The van der Waals surface area contributed by atoms with Crippen molar-refractivity contribution in [1.29, 1.82) is 0 Å². The van der Waals surface area contributed by atoms with E-state index >= 15 is 0 Å². The normalized spacial score (nSPS) is 11.4. The van der Waals surface area contributed by atoms with E-state index in [1.807, 2.05) is 0 Å². The topological polar surface area (TPSA) is 63.4 Å². The smallest absolute Gasteiger partial charge is 0.149 e. The Bertz CT molecular complexity index is 474. The largest absolute Gasteiger partial charge is 0.397 e. The number of sulfone groups is 1. The van der Waals surface area contributed by atoms with Crippen LogP contribution in [-0.4, -0.2) is 34.0 Å². The summed E-state index contributed by atoms with van der Waals surface area (Å²) in [4.78, 5) is 1.80. The molecular formula is C10H15ClN2O2S. The minimum Gasteiger partial charge on any atom is -0.397 e. The zero-order valence-corrected chi connectivity index (χ0v) is 10.8. The number of anilines is 2. The Kier molecular flexibility index (Phi) is 4.04. The van der Waals surface area contributed by atoms with Gasteiger partial charge in [0, 0.05) is 24.9 Å². The highest BCUT2D eigenvalue weighted by molar-refractivity contribution is 7.90. The van der Waals surface area contributed by atoms with E-state index in [0.717, 1.165) is 5.69 Å².